The fourth-order valence-electron chi connectivity index (χ4n) is 2.93. The summed E-state index contributed by atoms with van der Waals surface area (Å²) in [5.41, 5.74) is 9.40. The molecular formula is C17H13N5. The van der Waals surface area contributed by atoms with Gasteiger partial charge in [0.05, 0.1) is 16.6 Å². The van der Waals surface area contributed by atoms with E-state index in [0.29, 0.717) is 17.3 Å². The summed E-state index contributed by atoms with van der Waals surface area (Å²) in [6.07, 6.45) is 0. The van der Waals surface area contributed by atoms with E-state index in [9.17, 15) is 5.26 Å². The van der Waals surface area contributed by atoms with Gasteiger partial charge in [-0.1, -0.05) is 42.5 Å². The molecule has 5 heteroatoms. The number of hydrogen-bond donors (Lipinski definition) is 2. The number of rotatable bonds is 1. The lowest BCUT2D eigenvalue weighted by Crippen LogP contribution is -2.27. The van der Waals surface area contributed by atoms with Crippen LogP contribution in [0.4, 0.5) is 5.95 Å². The van der Waals surface area contributed by atoms with Crippen LogP contribution in [0.15, 0.2) is 66.0 Å². The van der Waals surface area contributed by atoms with Gasteiger partial charge in [0, 0.05) is 0 Å². The molecule has 4 rings (SSSR count). The van der Waals surface area contributed by atoms with Crippen molar-refractivity contribution in [3.63, 3.8) is 0 Å². The maximum Gasteiger partial charge on any atom is 0.210 e. The van der Waals surface area contributed by atoms with E-state index in [1.165, 1.54) is 0 Å². The van der Waals surface area contributed by atoms with Gasteiger partial charge in [0.1, 0.15) is 17.9 Å². The van der Waals surface area contributed by atoms with Gasteiger partial charge in [-0.25, -0.2) is 4.98 Å². The Morgan fingerprint density at radius 2 is 1.82 bits per heavy atom. The SMILES string of the molecule is N#CC1=C(N)Nc2nc3ccccc3n2[C@H]1c1ccccc1. The maximum absolute atomic E-state index is 9.57. The fraction of sp³-hybridized carbons (Fsp3) is 0.0588. The Morgan fingerprint density at radius 3 is 2.59 bits per heavy atom. The molecule has 0 spiro atoms. The molecule has 3 N–H and O–H groups in total. The second-order valence-corrected chi connectivity index (χ2v) is 5.17. The first kappa shape index (κ1) is 12.5. The number of fused-ring (bicyclic) bond motifs is 3. The van der Waals surface area contributed by atoms with E-state index < -0.39 is 0 Å². The molecule has 1 aromatic heterocycles. The Kier molecular flexibility index (Phi) is 2.63. The second kappa shape index (κ2) is 4.64. The van der Waals surface area contributed by atoms with Crippen molar-refractivity contribution in [1.29, 1.82) is 5.26 Å². The van der Waals surface area contributed by atoms with Crippen molar-refractivity contribution in [3.8, 4) is 6.07 Å². The monoisotopic (exact) mass is 287 g/mol. The molecule has 1 atom stereocenters. The van der Waals surface area contributed by atoms with Crippen LogP contribution in [0.5, 0.6) is 0 Å². The minimum atomic E-state index is -0.269. The average Bonchev–Trinajstić information content (AvgIpc) is 2.92. The molecule has 0 unspecified atom stereocenters. The summed E-state index contributed by atoms with van der Waals surface area (Å²) in [6.45, 7) is 0. The molecule has 0 aliphatic carbocycles. The molecule has 3 aromatic rings. The minimum absolute atomic E-state index is 0.269. The molecule has 0 amide bonds. The largest absolute Gasteiger partial charge is 0.384 e. The molecule has 0 radical (unpaired) electrons. The summed E-state index contributed by atoms with van der Waals surface area (Å²) in [6, 6.07) is 19.7. The van der Waals surface area contributed by atoms with E-state index in [0.717, 1.165) is 16.6 Å². The van der Waals surface area contributed by atoms with Gasteiger partial charge < -0.3 is 11.1 Å². The number of anilines is 1. The van der Waals surface area contributed by atoms with Gasteiger partial charge in [-0.2, -0.15) is 5.26 Å². The van der Waals surface area contributed by atoms with E-state index in [4.69, 9.17) is 5.73 Å². The summed E-state index contributed by atoms with van der Waals surface area (Å²) in [5.74, 6) is 1.02. The molecule has 2 aromatic carbocycles. The summed E-state index contributed by atoms with van der Waals surface area (Å²) < 4.78 is 2.03. The summed E-state index contributed by atoms with van der Waals surface area (Å²) in [7, 11) is 0. The van der Waals surface area contributed by atoms with E-state index in [-0.39, 0.29) is 6.04 Å². The van der Waals surface area contributed by atoms with E-state index in [1.807, 2.05) is 59.2 Å². The van der Waals surface area contributed by atoms with E-state index in [1.54, 1.807) is 0 Å². The Labute approximate surface area is 127 Å². The molecule has 1 aliphatic heterocycles. The Morgan fingerprint density at radius 1 is 1.09 bits per heavy atom. The number of allylic oxidation sites excluding steroid dienone is 1. The van der Waals surface area contributed by atoms with Crippen LogP contribution in [0.3, 0.4) is 0 Å². The zero-order valence-electron chi connectivity index (χ0n) is 11.7. The maximum atomic E-state index is 9.57. The van der Waals surface area contributed by atoms with Crippen LogP contribution in [-0.2, 0) is 0 Å². The summed E-state index contributed by atoms with van der Waals surface area (Å²) >= 11 is 0. The highest BCUT2D eigenvalue weighted by Gasteiger charge is 2.30. The first-order valence-corrected chi connectivity index (χ1v) is 6.98. The average molecular weight is 287 g/mol. The number of nitrogens with one attached hydrogen (secondary N) is 1. The number of benzene rings is 2. The van der Waals surface area contributed by atoms with Gasteiger partial charge in [-0.3, -0.25) is 4.57 Å². The zero-order valence-corrected chi connectivity index (χ0v) is 11.7. The van der Waals surface area contributed by atoms with Crippen LogP contribution in [-0.4, -0.2) is 9.55 Å². The van der Waals surface area contributed by atoms with Crippen molar-refractivity contribution >= 4 is 17.0 Å². The smallest absolute Gasteiger partial charge is 0.210 e. The second-order valence-electron chi connectivity index (χ2n) is 5.17. The number of nitrogens with two attached hydrogens (primary N) is 1. The summed E-state index contributed by atoms with van der Waals surface area (Å²) in [5, 5.41) is 12.6. The fourth-order valence-corrected chi connectivity index (χ4v) is 2.93. The highest BCUT2D eigenvalue weighted by Crippen LogP contribution is 2.37. The molecule has 1 aliphatic rings. The lowest BCUT2D eigenvalue weighted by atomic mass is 9.97. The number of aromatic nitrogens is 2. The van der Waals surface area contributed by atoms with Crippen LogP contribution in [0, 0.1) is 11.3 Å². The first-order chi connectivity index (χ1) is 10.8. The van der Waals surface area contributed by atoms with Gasteiger partial charge in [-0.05, 0) is 17.7 Å². The van der Waals surface area contributed by atoms with Crippen LogP contribution >= 0.6 is 0 Å². The van der Waals surface area contributed by atoms with Crippen molar-refractivity contribution in [2.24, 2.45) is 5.73 Å². The third kappa shape index (κ3) is 1.68. The molecule has 0 bridgehead atoms. The highest BCUT2D eigenvalue weighted by molar-refractivity contribution is 5.80. The van der Waals surface area contributed by atoms with Gasteiger partial charge in [0.25, 0.3) is 0 Å². The van der Waals surface area contributed by atoms with Crippen molar-refractivity contribution in [2.45, 2.75) is 6.04 Å². The molecular weight excluding hydrogens is 274 g/mol. The van der Waals surface area contributed by atoms with Crippen molar-refractivity contribution < 1.29 is 0 Å². The predicted octanol–water partition coefficient (Wildman–Crippen LogP) is 2.75. The van der Waals surface area contributed by atoms with Gasteiger partial charge in [0.2, 0.25) is 5.95 Å². The van der Waals surface area contributed by atoms with E-state index >= 15 is 0 Å². The number of hydrogen-bond acceptors (Lipinski definition) is 4. The molecule has 2 heterocycles. The lowest BCUT2D eigenvalue weighted by molar-refractivity contribution is 0.680. The van der Waals surface area contributed by atoms with Crippen molar-refractivity contribution in [3.05, 3.63) is 71.6 Å². The third-order valence-corrected chi connectivity index (χ3v) is 3.90. The minimum Gasteiger partial charge on any atom is -0.384 e. The van der Waals surface area contributed by atoms with E-state index in [2.05, 4.69) is 16.4 Å². The summed E-state index contributed by atoms with van der Waals surface area (Å²) in [4.78, 5) is 4.58. The van der Waals surface area contributed by atoms with Crippen molar-refractivity contribution in [2.75, 3.05) is 5.32 Å². The lowest BCUT2D eigenvalue weighted by Gasteiger charge is -2.27. The number of imidazole rings is 1. The van der Waals surface area contributed by atoms with Crippen LogP contribution in [0.25, 0.3) is 11.0 Å². The number of para-hydroxylation sites is 2. The third-order valence-electron chi connectivity index (χ3n) is 3.90. The number of nitrogens with zero attached hydrogens (tertiary/aromatic N) is 3. The Bertz CT molecular complexity index is 931. The Balaban J connectivity index is 2.05. The first-order valence-electron chi connectivity index (χ1n) is 6.98. The Hall–Kier alpha value is -3.26. The molecule has 106 valence electrons. The predicted molar refractivity (Wildman–Crippen MR) is 84.8 cm³/mol. The highest BCUT2D eigenvalue weighted by atomic mass is 15.3. The molecule has 0 fully saturated rings. The molecule has 22 heavy (non-hydrogen) atoms. The van der Waals surface area contributed by atoms with Crippen LogP contribution in [0.2, 0.25) is 0 Å². The van der Waals surface area contributed by atoms with Gasteiger partial charge >= 0.3 is 0 Å². The normalized spacial score (nSPS) is 17.0. The zero-order chi connectivity index (χ0) is 15.1. The quantitative estimate of drug-likeness (QED) is 0.721. The van der Waals surface area contributed by atoms with Gasteiger partial charge in [0.15, 0.2) is 0 Å². The molecule has 0 saturated heterocycles. The standard InChI is InChI=1S/C17H13N5/c18-10-12-15(11-6-2-1-3-7-11)22-14-9-5-4-8-13(14)20-17(22)21-16(12)19/h1-9,15H,19H2,(H,20,21)/t15-/m0/s1. The molecule has 0 saturated carbocycles. The number of nitriles is 1. The molecule has 5 nitrogen and oxygen atoms in total. The van der Waals surface area contributed by atoms with Crippen LogP contribution in [0.1, 0.15) is 11.6 Å². The van der Waals surface area contributed by atoms with Crippen LogP contribution < -0.4 is 11.1 Å². The topological polar surface area (TPSA) is 79.7 Å². The van der Waals surface area contributed by atoms with Gasteiger partial charge in [-0.15, -0.1) is 0 Å². The van der Waals surface area contributed by atoms with Crippen molar-refractivity contribution in [1.82, 2.24) is 9.55 Å².